The van der Waals surface area contributed by atoms with Crippen LogP contribution in [0.3, 0.4) is 0 Å². The van der Waals surface area contributed by atoms with Crippen LogP contribution in [-0.2, 0) is 20.7 Å². The van der Waals surface area contributed by atoms with Crippen LogP contribution in [0.2, 0.25) is 0 Å². The van der Waals surface area contributed by atoms with Gasteiger partial charge in [0.2, 0.25) is 5.91 Å². The summed E-state index contributed by atoms with van der Waals surface area (Å²) in [5, 5.41) is 12.0. The summed E-state index contributed by atoms with van der Waals surface area (Å²) in [5.74, 6) is -1.50. The van der Waals surface area contributed by atoms with Crippen molar-refractivity contribution >= 4 is 11.9 Å². The van der Waals surface area contributed by atoms with Crippen molar-refractivity contribution in [1.29, 1.82) is 0 Å². The van der Waals surface area contributed by atoms with Gasteiger partial charge < -0.3 is 15.2 Å². The van der Waals surface area contributed by atoms with Gasteiger partial charge in [-0.3, -0.25) is 9.59 Å². The Kier molecular flexibility index (Phi) is 4.85. The first-order chi connectivity index (χ1) is 11.5. The van der Waals surface area contributed by atoms with Crippen LogP contribution in [0.4, 0.5) is 4.39 Å². The Hall–Kier alpha value is -1.95. The summed E-state index contributed by atoms with van der Waals surface area (Å²) in [6.45, 7) is 0.532. The molecule has 1 heterocycles. The predicted octanol–water partition coefficient (Wildman–Crippen LogP) is 2.29. The van der Waals surface area contributed by atoms with Crippen LogP contribution in [-0.4, -0.2) is 35.2 Å². The maximum absolute atomic E-state index is 13.6. The lowest BCUT2D eigenvalue weighted by Gasteiger charge is -2.50. The molecular formula is C18H22FNO4. The molecule has 24 heavy (non-hydrogen) atoms. The molecule has 0 bridgehead atoms. The topological polar surface area (TPSA) is 75.6 Å². The second-order valence-electron chi connectivity index (χ2n) is 6.82. The number of hydrogen-bond donors (Lipinski definition) is 2. The number of nitrogens with one attached hydrogen (secondary N) is 1. The van der Waals surface area contributed by atoms with Crippen LogP contribution < -0.4 is 5.32 Å². The zero-order chi connectivity index (χ0) is 17.2. The van der Waals surface area contributed by atoms with Crippen LogP contribution in [0.1, 0.15) is 37.7 Å². The van der Waals surface area contributed by atoms with Crippen LogP contribution in [0.5, 0.6) is 0 Å². The van der Waals surface area contributed by atoms with Crippen LogP contribution >= 0.6 is 0 Å². The molecule has 1 atom stereocenters. The SMILES string of the molecule is O=C(CCc1ccccc1F)NC1CCOC2(C1)CC(C(=O)O)C2. The zero-order valence-electron chi connectivity index (χ0n) is 13.5. The number of carbonyl (C=O) groups is 2. The number of amides is 1. The molecule has 130 valence electrons. The van der Waals surface area contributed by atoms with E-state index < -0.39 is 5.97 Å². The Morgan fingerprint density at radius 1 is 1.29 bits per heavy atom. The largest absolute Gasteiger partial charge is 0.481 e. The molecule has 1 aliphatic heterocycles. The van der Waals surface area contributed by atoms with Gasteiger partial charge in [0.05, 0.1) is 11.5 Å². The molecule has 0 aromatic heterocycles. The quantitative estimate of drug-likeness (QED) is 0.866. The minimum atomic E-state index is -0.778. The summed E-state index contributed by atoms with van der Waals surface area (Å²) in [6, 6.07) is 6.47. The molecule has 1 saturated heterocycles. The monoisotopic (exact) mass is 335 g/mol. The van der Waals surface area contributed by atoms with Crippen molar-refractivity contribution in [2.45, 2.75) is 50.2 Å². The maximum Gasteiger partial charge on any atom is 0.306 e. The number of carbonyl (C=O) groups excluding carboxylic acids is 1. The average Bonchev–Trinajstić information content (AvgIpc) is 2.52. The van der Waals surface area contributed by atoms with E-state index in [1.165, 1.54) is 6.07 Å². The summed E-state index contributed by atoms with van der Waals surface area (Å²) >= 11 is 0. The minimum Gasteiger partial charge on any atom is -0.481 e. The van der Waals surface area contributed by atoms with Crippen molar-refractivity contribution in [1.82, 2.24) is 5.32 Å². The lowest BCUT2D eigenvalue weighted by molar-refractivity contribution is -0.182. The molecule has 1 saturated carbocycles. The van der Waals surface area contributed by atoms with Gasteiger partial charge in [0.15, 0.2) is 0 Å². The molecule has 1 unspecified atom stereocenters. The summed E-state index contributed by atoms with van der Waals surface area (Å²) in [5.41, 5.74) is 0.157. The molecule has 1 aromatic rings. The molecule has 2 aliphatic rings. The number of hydrogen-bond acceptors (Lipinski definition) is 3. The molecule has 2 N–H and O–H groups in total. The van der Waals surface area contributed by atoms with Gasteiger partial charge in [-0.1, -0.05) is 18.2 Å². The molecule has 2 fully saturated rings. The van der Waals surface area contributed by atoms with E-state index in [2.05, 4.69) is 5.32 Å². The van der Waals surface area contributed by atoms with Crippen molar-refractivity contribution in [2.24, 2.45) is 5.92 Å². The Balaban J connectivity index is 1.46. The normalized spacial score (nSPS) is 29.0. The van der Waals surface area contributed by atoms with Gasteiger partial charge in [-0.05, 0) is 43.7 Å². The smallest absolute Gasteiger partial charge is 0.306 e. The van der Waals surface area contributed by atoms with Gasteiger partial charge in [0.25, 0.3) is 0 Å². The number of ether oxygens (including phenoxy) is 1. The Morgan fingerprint density at radius 3 is 2.75 bits per heavy atom. The van der Waals surface area contributed by atoms with Crippen molar-refractivity contribution in [3.63, 3.8) is 0 Å². The first-order valence-corrected chi connectivity index (χ1v) is 8.37. The standard InChI is InChI=1S/C18H22FNO4/c19-15-4-2-1-3-12(15)5-6-16(21)20-14-7-8-24-18(11-14)9-13(10-18)17(22)23/h1-4,13-14H,5-11H2,(H,20,21)(H,22,23). The van der Waals surface area contributed by atoms with E-state index >= 15 is 0 Å². The molecule has 5 nitrogen and oxygen atoms in total. The summed E-state index contributed by atoms with van der Waals surface area (Å²) < 4.78 is 19.3. The highest BCUT2D eigenvalue weighted by Crippen LogP contribution is 2.46. The molecule has 1 spiro atoms. The highest BCUT2D eigenvalue weighted by atomic mass is 19.1. The molecule has 6 heteroatoms. The second-order valence-corrected chi connectivity index (χ2v) is 6.82. The highest BCUT2D eigenvalue weighted by molar-refractivity contribution is 5.76. The third-order valence-electron chi connectivity index (χ3n) is 5.02. The summed E-state index contributed by atoms with van der Waals surface area (Å²) in [7, 11) is 0. The number of carboxylic acid groups (broad SMARTS) is 1. The number of benzene rings is 1. The van der Waals surface area contributed by atoms with E-state index in [-0.39, 0.29) is 35.7 Å². The van der Waals surface area contributed by atoms with Gasteiger partial charge in [-0.15, -0.1) is 0 Å². The third-order valence-corrected chi connectivity index (χ3v) is 5.02. The van der Waals surface area contributed by atoms with E-state index in [1.807, 2.05) is 0 Å². The van der Waals surface area contributed by atoms with E-state index in [0.717, 1.165) is 6.42 Å². The fourth-order valence-electron chi connectivity index (χ4n) is 3.70. The van der Waals surface area contributed by atoms with Crippen LogP contribution in [0.25, 0.3) is 0 Å². The van der Waals surface area contributed by atoms with Gasteiger partial charge in [0.1, 0.15) is 5.82 Å². The van der Waals surface area contributed by atoms with E-state index in [0.29, 0.717) is 37.9 Å². The Morgan fingerprint density at radius 2 is 2.04 bits per heavy atom. The van der Waals surface area contributed by atoms with Gasteiger partial charge in [0, 0.05) is 19.1 Å². The number of aliphatic carboxylic acids is 1. The summed E-state index contributed by atoms with van der Waals surface area (Å²) in [4.78, 5) is 23.1. The molecular weight excluding hydrogens is 313 g/mol. The first-order valence-electron chi connectivity index (χ1n) is 8.37. The molecule has 1 amide bonds. The molecule has 1 aromatic carbocycles. The number of rotatable bonds is 5. The van der Waals surface area contributed by atoms with Gasteiger partial charge in [-0.2, -0.15) is 0 Å². The van der Waals surface area contributed by atoms with Crippen LogP contribution in [0.15, 0.2) is 24.3 Å². The van der Waals surface area contributed by atoms with Gasteiger partial charge >= 0.3 is 5.97 Å². The van der Waals surface area contributed by atoms with E-state index in [1.54, 1.807) is 18.2 Å². The van der Waals surface area contributed by atoms with Crippen molar-refractivity contribution in [2.75, 3.05) is 6.61 Å². The van der Waals surface area contributed by atoms with Gasteiger partial charge in [-0.25, -0.2) is 4.39 Å². The molecule has 3 rings (SSSR count). The van der Waals surface area contributed by atoms with Crippen molar-refractivity contribution in [3.8, 4) is 0 Å². The fourth-order valence-corrected chi connectivity index (χ4v) is 3.70. The zero-order valence-corrected chi connectivity index (χ0v) is 13.5. The number of carboxylic acids is 1. The van der Waals surface area contributed by atoms with Crippen molar-refractivity contribution < 1.29 is 23.8 Å². The first kappa shape index (κ1) is 16.9. The lowest BCUT2D eigenvalue weighted by Crippen LogP contribution is -2.56. The Labute approximate surface area is 140 Å². The minimum absolute atomic E-state index is 0.00150. The van der Waals surface area contributed by atoms with Crippen molar-refractivity contribution in [3.05, 3.63) is 35.6 Å². The van der Waals surface area contributed by atoms with E-state index in [9.17, 15) is 14.0 Å². The average molecular weight is 335 g/mol. The van der Waals surface area contributed by atoms with Crippen LogP contribution in [0, 0.1) is 11.7 Å². The molecule has 0 radical (unpaired) electrons. The third kappa shape index (κ3) is 3.75. The second kappa shape index (κ2) is 6.89. The Bertz CT molecular complexity index is 627. The number of halogens is 1. The number of aryl methyl sites for hydroxylation is 1. The van der Waals surface area contributed by atoms with E-state index in [4.69, 9.17) is 9.84 Å². The summed E-state index contributed by atoms with van der Waals surface area (Å²) in [6.07, 6.45) is 3.03. The molecule has 1 aliphatic carbocycles. The predicted molar refractivity (Wildman–Crippen MR) is 84.9 cm³/mol. The lowest BCUT2D eigenvalue weighted by atomic mass is 9.66. The fraction of sp³-hybridized carbons (Fsp3) is 0.556. The highest BCUT2D eigenvalue weighted by Gasteiger charge is 2.51. The maximum atomic E-state index is 13.6.